The number of likely N-dealkylation sites (tertiary alicyclic amines) is 1. The van der Waals surface area contributed by atoms with Crippen LogP contribution in [0.5, 0.6) is 0 Å². The molecule has 4 heteroatoms. The van der Waals surface area contributed by atoms with Gasteiger partial charge in [0.25, 0.3) is 0 Å². The smallest absolute Gasteiger partial charge is 0.225 e. The molecular weight excluding hydrogens is 304 g/mol. The van der Waals surface area contributed by atoms with Crippen molar-refractivity contribution in [3.63, 3.8) is 0 Å². The van der Waals surface area contributed by atoms with Crippen LogP contribution in [0.3, 0.4) is 0 Å². The van der Waals surface area contributed by atoms with Crippen molar-refractivity contribution in [1.82, 2.24) is 9.88 Å². The van der Waals surface area contributed by atoms with Crippen LogP contribution in [0.4, 0.5) is 0 Å². The SMILES string of the molecule is O=C(C1CCCCC1)N1CCC(c2nc3ccccc3s2)CC1. The minimum atomic E-state index is 0.308. The molecule has 2 aliphatic rings. The van der Waals surface area contributed by atoms with E-state index in [4.69, 9.17) is 4.98 Å². The summed E-state index contributed by atoms with van der Waals surface area (Å²) in [7, 11) is 0. The minimum absolute atomic E-state index is 0.308. The van der Waals surface area contributed by atoms with Crippen LogP contribution in [-0.4, -0.2) is 28.9 Å². The molecule has 1 aromatic carbocycles. The average Bonchev–Trinajstić information content (AvgIpc) is 3.06. The van der Waals surface area contributed by atoms with Crippen molar-refractivity contribution in [2.75, 3.05) is 13.1 Å². The maximum absolute atomic E-state index is 12.7. The molecule has 0 radical (unpaired) electrons. The molecule has 0 unspecified atom stereocenters. The van der Waals surface area contributed by atoms with Crippen molar-refractivity contribution in [2.45, 2.75) is 50.9 Å². The number of benzene rings is 1. The third kappa shape index (κ3) is 3.14. The zero-order valence-electron chi connectivity index (χ0n) is 13.5. The Morgan fingerprint density at radius 3 is 2.52 bits per heavy atom. The van der Waals surface area contributed by atoms with Crippen LogP contribution in [0.15, 0.2) is 24.3 Å². The van der Waals surface area contributed by atoms with Crippen molar-refractivity contribution in [3.8, 4) is 0 Å². The predicted molar refractivity (Wildman–Crippen MR) is 94.8 cm³/mol. The molecule has 122 valence electrons. The van der Waals surface area contributed by atoms with Gasteiger partial charge in [-0.15, -0.1) is 11.3 Å². The molecule has 1 amide bonds. The summed E-state index contributed by atoms with van der Waals surface area (Å²) >= 11 is 1.83. The molecule has 1 aromatic heterocycles. The molecule has 4 rings (SSSR count). The van der Waals surface area contributed by atoms with Crippen LogP contribution < -0.4 is 0 Å². The van der Waals surface area contributed by atoms with E-state index < -0.39 is 0 Å². The monoisotopic (exact) mass is 328 g/mol. The number of thiazole rings is 1. The van der Waals surface area contributed by atoms with Gasteiger partial charge in [0.2, 0.25) is 5.91 Å². The van der Waals surface area contributed by atoms with Gasteiger partial charge in [0, 0.05) is 24.9 Å². The zero-order chi connectivity index (χ0) is 15.6. The van der Waals surface area contributed by atoms with Crippen LogP contribution in [-0.2, 0) is 4.79 Å². The molecule has 23 heavy (non-hydrogen) atoms. The van der Waals surface area contributed by atoms with E-state index in [1.807, 2.05) is 11.3 Å². The van der Waals surface area contributed by atoms with Crippen LogP contribution in [0.1, 0.15) is 55.9 Å². The number of nitrogens with zero attached hydrogens (tertiary/aromatic N) is 2. The van der Waals surface area contributed by atoms with Crippen LogP contribution in [0, 0.1) is 5.92 Å². The normalized spacial score (nSPS) is 21.0. The lowest BCUT2D eigenvalue weighted by Crippen LogP contribution is -2.41. The Bertz CT molecular complexity index is 648. The number of piperidine rings is 1. The molecule has 2 aromatic rings. The van der Waals surface area contributed by atoms with Gasteiger partial charge < -0.3 is 4.90 Å². The number of hydrogen-bond donors (Lipinski definition) is 0. The second-order valence-corrected chi connectivity index (χ2v) is 8.02. The van der Waals surface area contributed by atoms with Gasteiger partial charge in [-0.3, -0.25) is 4.79 Å². The summed E-state index contributed by atoms with van der Waals surface area (Å²) in [4.78, 5) is 19.6. The summed E-state index contributed by atoms with van der Waals surface area (Å²) in [6.07, 6.45) is 8.13. The highest BCUT2D eigenvalue weighted by Crippen LogP contribution is 2.35. The number of carbonyl (C=O) groups excluding carboxylic acids is 1. The molecule has 0 bridgehead atoms. The lowest BCUT2D eigenvalue weighted by Gasteiger charge is -2.34. The topological polar surface area (TPSA) is 33.2 Å². The summed E-state index contributed by atoms with van der Waals surface area (Å²) in [5, 5.41) is 1.26. The van der Waals surface area contributed by atoms with E-state index in [9.17, 15) is 4.79 Å². The number of hydrogen-bond acceptors (Lipinski definition) is 3. The maximum atomic E-state index is 12.7. The summed E-state index contributed by atoms with van der Waals surface area (Å²) in [6, 6.07) is 8.38. The van der Waals surface area contributed by atoms with Gasteiger partial charge in [-0.2, -0.15) is 0 Å². The molecule has 0 spiro atoms. The van der Waals surface area contributed by atoms with Crippen LogP contribution in [0.2, 0.25) is 0 Å². The fourth-order valence-corrected chi connectivity index (χ4v) is 5.16. The van der Waals surface area contributed by atoms with Gasteiger partial charge in [0.15, 0.2) is 0 Å². The molecule has 2 heterocycles. The lowest BCUT2D eigenvalue weighted by molar-refractivity contribution is -0.137. The molecule has 1 saturated carbocycles. The highest BCUT2D eigenvalue weighted by Gasteiger charge is 2.30. The fourth-order valence-electron chi connectivity index (χ4n) is 4.02. The number of carbonyl (C=O) groups is 1. The third-order valence-electron chi connectivity index (χ3n) is 5.42. The largest absolute Gasteiger partial charge is 0.342 e. The Morgan fingerprint density at radius 2 is 1.78 bits per heavy atom. The highest BCUT2D eigenvalue weighted by molar-refractivity contribution is 7.18. The Labute approximate surface area is 141 Å². The number of amides is 1. The van der Waals surface area contributed by atoms with Gasteiger partial charge >= 0.3 is 0 Å². The molecule has 1 aliphatic heterocycles. The Morgan fingerprint density at radius 1 is 1.04 bits per heavy atom. The van der Waals surface area contributed by atoms with Crippen molar-refractivity contribution < 1.29 is 4.79 Å². The van der Waals surface area contributed by atoms with Crippen molar-refractivity contribution in [3.05, 3.63) is 29.3 Å². The predicted octanol–water partition coefficient (Wildman–Crippen LogP) is 4.58. The molecule has 2 fully saturated rings. The summed E-state index contributed by atoms with van der Waals surface area (Å²) < 4.78 is 1.28. The van der Waals surface area contributed by atoms with Crippen molar-refractivity contribution in [1.29, 1.82) is 0 Å². The van der Waals surface area contributed by atoms with Gasteiger partial charge in [-0.05, 0) is 37.8 Å². The van der Waals surface area contributed by atoms with E-state index in [0.29, 0.717) is 17.7 Å². The number of rotatable bonds is 2. The molecule has 0 N–H and O–H groups in total. The summed E-state index contributed by atoms with van der Waals surface area (Å²) in [5.74, 6) is 1.26. The standard InChI is InChI=1S/C19H24N2OS/c22-19(15-6-2-1-3-7-15)21-12-10-14(11-13-21)18-20-16-8-4-5-9-17(16)23-18/h4-5,8-9,14-15H,1-3,6-7,10-13H2. The molecular formula is C19H24N2OS. The first-order valence-electron chi connectivity index (χ1n) is 8.95. The molecule has 1 saturated heterocycles. The second kappa shape index (κ2) is 6.60. The summed E-state index contributed by atoms with van der Waals surface area (Å²) in [6.45, 7) is 1.83. The first-order chi connectivity index (χ1) is 11.3. The molecule has 0 atom stereocenters. The minimum Gasteiger partial charge on any atom is -0.342 e. The Kier molecular flexibility index (Phi) is 4.34. The first-order valence-corrected chi connectivity index (χ1v) is 9.77. The fraction of sp³-hybridized carbons (Fsp3) is 0.579. The van der Waals surface area contributed by atoms with E-state index in [1.54, 1.807) is 0 Å². The second-order valence-electron chi connectivity index (χ2n) is 6.95. The molecule has 1 aliphatic carbocycles. The van der Waals surface area contributed by atoms with E-state index in [-0.39, 0.29) is 0 Å². The van der Waals surface area contributed by atoms with E-state index >= 15 is 0 Å². The quantitative estimate of drug-likeness (QED) is 0.808. The molecule has 3 nitrogen and oxygen atoms in total. The van der Waals surface area contributed by atoms with Crippen LogP contribution >= 0.6 is 11.3 Å². The number of fused-ring (bicyclic) bond motifs is 1. The van der Waals surface area contributed by atoms with Gasteiger partial charge in [0.05, 0.1) is 15.2 Å². The third-order valence-corrected chi connectivity index (χ3v) is 6.62. The number of aromatic nitrogens is 1. The summed E-state index contributed by atoms with van der Waals surface area (Å²) in [5.41, 5.74) is 1.12. The highest BCUT2D eigenvalue weighted by atomic mass is 32.1. The Hall–Kier alpha value is -1.42. The van der Waals surface area contributed by atoms with E-state index in [2.05, 4.69) is 29.2 Å². The average molecular weight is 328 g/mol. The van der Waals surface area contributed by atoms with Crippen LogP contribution in [0.25, 0.3) is 10.2 Å². The first kappa shape index (κ1) is 15.1. The zero-order valence-corrected chi connectivity index (χ0v) is 14.4. The van der Waals surface area contributed by atoms with Crippen molar-refractivity contribution in [2.24, 2.45) is 5.92 Å². The van der Waals surface area contributed by atoms with Crippen molar-refractivity contribution >= 4 is 27.5 Å². The Balaban J connectivity index is 1.39. The van der Waals surface area contributed by atoms with E-state index in [0.717, 1.165) is 44.3 Å². The lowest BCUT2D eigenvalue weighted by atomic mass is 9.87. The van der Waals surface area contributed by atoms with Gasteiger partial charge in [0.1, 0.15) is 0 Å². The van der Waals surface area contributed by atoms with E-state index in [1.165, 1.54) is 29.0 Å². The van der Waals surface area contributed by atoms with Gasteiger partial charge in [-0.25, -0.2) is 4.98 Å². The van der Waals surface area contributed by atoms with Gasteiger partial charge in [-0.1, -0.05) is 31.4 Å². The maximum Gasteiger partial charge on any atom is 0.225 e. The number of para-hydroxylation sites is 1.